The third kappa shape index (κ3) is 2.68. The zero-order valence-corrected chi connectivity index (χ0v) is 11.1. The molecule has 0 unspecified atom stereocenters. The van der Waals surface area contributed by atoms with E-state index in [0.717, 1.165) is 5.56 Å². The van der Waals surface area contributed by atoms with Crippen molar-refractivity contribution in [2.45, 2.75) is 26.3 Å². The lowest BCUT2D eigenvalue weighted by Crippen LogP contribution is -2.47. The van der Waals surface area contributed by atoms with Crippen LogP contribution in [-0.4, -0.2) is 18.0 Å². The van der Waals surface area contributed by atoms with Crippen LogP contribution in [0.15, 0.2) is 18.3 Å². The Morgan fingerprint density at radius 1 is 1.63 bits per heavy atom. The lowest BCUT2D eigenvalue weighted by Gasteiger charge is -2.39. The van der Waals surface area contributed by atoms with E-state index >= 15 is 0 Å². The summed E-state index contributed by atoms with van der Waals surface area (Å²) in [5, 5.41) is 12.0. The second-order valence-electron chi connectivity index (χ2n) is 5.10. The number of rotatable bonds is 4. The fourth-order valence-corrected chi connectivity index (χ4v) is 2.45. The normalized spacial score (nSPS) is 25.0. The molecule has 0 aliphatic heterocycles. The maximum absolute atomic E-state index is 12.0. The number of hydrogen-bond donors (Lipinski definition) is 1. The van der Waals surface area contributed by atoms with Gasteiger partial charge in [-0.05, 0) is 24.3 Å². The first-order valence-electron chi connectivity index (χ1n) is 6.28. The van der Waals surface area contributed by atoms with Crippen LogP contribution in [-0.2, 0) is 11.3 Å². The molecule has 0 atom stereocenters. The van der Waals surface area contributed by atoms with Crippen molar-refractivity contribution in [3.8, 4) is 11.9 Å². The van der Waals surface area contributed by atoms with Gasteiger partial charge in [0, 0.05) is 18.8 Å². The number of amides is 1. The van der Waals surface area contributed by atoms with Gasteiger partial charge in [0.15, 0.2) is 0 Å². The first kappa shape index (κ1) is 13.3. The molecule has 19 heavy (non-hydrogen) atoms. The van der Waals surface area contributed by atoms with Crippen molar-refractivity contribution >= 4 is 5.91 Å². The molecule has 1 aliphatic carbocycles. The van der Waals surface area contributed by atoms with E-state index in [1.54, 1.807) is 19.4 Å². The highest BCUT2D eigenvalue weighted by molar-refractivity contribution is 5.86. The zero-order chi connectivity index (χ0) is 13.9. The van der Waals surface area contributed by atoms with Crippen LogP contribution in [0, 0.1) is 22.7 Å². The second-order valence-corrected chi connectivity index (χ2v) is 5.10. The van der Waals surface area contributed by atoms with E-state index in [-0.39, 0.29) is 5.91 Å². The molecule has 5 heteroatoms. The molecule has 0 aromatic carbocycles. The minimum Gasteiger partial charge on any atom is -0.481 e. The van der Waals surface area contributed by atoms with Crippen molar-refractivity contribution in [3.05, 3.63) is 23.9 Å². The Kier molecular flexibility index (Phi) is 3.70. The number of aromatic nitrogens is 1. The summed E-state index contributed by atoms with van der Waals surface area (Å²) in [6.45, 7) is 2.43. The Balaban J connectivity index is 1.91. The van der Waals surface area contributed by atoms with E-state index in [1.165, 1.54) is 0 Å². The van der Waals surface area contributed by atoms with Gasteiger partial charge in [-0.15, -0.1) is 0 Å². The fourth-order valence-electron chi connectivity index (χ4n) is 2.45. The largest absolute Gasteiger partial charge is 0.481 e. The lowest BCUT2D eigenvalue weighted by atomic mass is 9.63. The average Bonchev–Trinajstić information content (AvgIpc) is 2.41. The molecule has 5 nitrogen and oxygen atoms in total. The first-order chi connectivity index (χ1) is 9.09. The lowest BCUT2D eigenvalue weighted by molar-refractivity contribution is -0.134. The Morgan fingerprint density at radius 2 is 2.37 bits per heavy atom. The number of ether oxygens (including phenoxy) is 1. The van der Waals surface area contributed by atoms with Crippen LogP contribution in [0.3, 0.4) is 0 Å². The van der Waals surface area contributed by atoms with Crippen molar-refractivity contribution in [3.63, 3.8) is 0 Å². The van der Waals surface area contributed by atoms with Crippen LogP contribution in [0.25, 0.3) is 0 Å². The maximum atomic E-state index is 12.0. The van der Waals surface area contributed by atoms with Crippen molar-refractivity contribution in [2.24, 2.45) is 11.3 Å². The van der Waals surface area contributed by atoms with Crippen molar-refractivity contribution in [2.75, 3.05) is 7.11 Å². The van der Waals surface area contributed by atoms with Gasteiger partial charge >= 0.3 is 0 Å². The quantitative estimate of drug-likeness (QED) is 0.892. The number of pyridine rings is 1. The van der Waals surface area contributed by atoms with Gasteiger partial charge in [0.2, 0.25) is 11.8 Å². The smallest absolute Gasteiger partial charge is 0.240 e. The zero-order valence-electron chi connectivity index (χ0n) is 11.1. The molecule has 1 heterocycles. The van der Waals surface area contributed by atoms with Crippen LogP contribution >= 0.6 is 0 Å². The van der Waals surface area contributed by atoms with Crippen LogP contribution < -0.4 is 10.1 Å². The standard InChI is InChI=1S/C14H17N3O2/c1-10-5-14(6-10,9-15)13(18)17-8-11-3-4-12(19-2)16-7-11/h3-4,7,10H,5-6,8H2,1-2H3,(H,17,18). The Morgan fingerprint density at radius 3 is 2.84 bits per heavy atom. The van der Waals surface area contributed by atoms with E-state index in [2.05, 4.69) is 23.3 Å². The summed E-state index contributed by atoms with van der Waals surface area (Å²) in [7, 11) is 1.55. The summed E-state index contributed by atoms with van der Waals surface area (Å²) in [6.07, 6.45) is 2.95. The van der Waals surface area contributed by atoms with Crippen molar-refractivity contribution in [1.29, 1.82) is 5.26 Å². The van der Waals surface area contributed by atoms with E-state index in [0.29, 0.717) is 31.2 Å². The molecule has 100 valence electrons. The molecule has 0 spiro atoms. The molecule has 1 aromatic heterocycles. The number of carbonyl (C=O) groups is 1. The number of nitrogens with one attached hydrogen (secondary N) is 1. The topological polar surface area (TPSA) is 75.0 Å². The van der Waals surface area contributed by atoms with Crippen LogP contribution in [0.4, 0.5) is 0 Å². The van der Waals surface area contributed by atoms with E-state index in [9.17, 15) is 4.79 Å². The van der Waals surface area contributed by atoms with Gasteiger partial charge in [0.25, 0.3) is 0 Å². The van der Waals surface area contributed by atoms with Gasteiger partial charge in [-0.1, -0.05) is 13.0 Å². The molecule has 1 N–H and O–H groups in total. The van der Waals surface area contributed by atoms with E-state index in [4.69, 9.17) is 10.00 Å². The molecular weight excluding hydrogens is 242 g/mol. The first-order valence-corrected chi connectivity index (χ1v) is 6.28. The number of methoxy groups -OCH3 is 1. The molecule has 1 aliphatic rings. The number of hydrogen-bond acceptors (Lipinski definition) is 4. The third-order valence-electron chi connectivity index (χ3n) is 3.50. The van der Waals surface area contributed by atoms with Gasteiger partial charge in [0.1, 0.15) is 5.41 Å². The SMILES string of the molecule is COc1ccc(CNC(=O)C2(C#N)CC(C)C2)cn1. The molecule has 1 aromatic rings. The third-order valence-corrected chi connectivity index (χ3v) is 3.50. The van der Waals surface area contributed by atoms with Crippen LogP contribution in [0.1, 0.15) is 25.3 Å². The highest BCUT2D eigenvalue weighted by Gasteiger charge is 2.48. The number of nitrogens with zero attached hydrogens (tertiary/aromatic N) is 2. The summed E-state index contributed by atoms with van der Waals surface area (Å²) in [4.78, 5) is 16.1. The highest BCUT2D eigenvalue weighted by atomic mass is 16.5. The van der Waals surface area contributed by atoms with Gasteiger partial charge in [-0.3, -0.25) is 4.79 Å². The summed E-state index contributed by atoms with van der Waals surface area (Å²) in [5.41, 5.74) is 0.0638. The maximum Gasteiger partial charge on any atom is 0.240 e. The molecule has 0 bridgehead atoms. The monoisotopic (exact) mass is 259 g/mol. The molecule has 1 fully saturated rings. The second kappa shape index (κ2) is 5.27. The van der Waals surface area contributed by atoms with Gasteiger partial charge < -0.3 is 10.1 Å². The van der Waals surface area contributed by atoms with Gasteiger partial charge in [-0.2, -0.15) is 5.26 Å². The van der Waals surface area contributed by atoms with E-state index < -0.39 is 5.41 Å². The van der Waals surface area contributed by atoms with Gasteiger partial charge in [0.05, 0.1) is 13.2 Å². The summed E-state index contributed by atoms with van der Waals surface area (Å²) in [5.74, 6) is 0.813. The molecular formula is C14H17N3O2. The Hall–Kier alpha value is -2.09. The molecule has 2 rings (SSSR count). The summed E-state index contributed by atoms with van der Waals surface area (Å²) >= 11 is 0. The van der Waals surface area contributed by atoms with Gasteiger partial charge in [-0.25, -0.2) is 4.98 Å². The molecule has 0 saturated heterocycles. The summed E-state index contributed by atoms with van der Waals surface area (Å²) < 4.78 is 4.96. The predicted octanol–water partition coefficient (Wildman–Crippen LogP) is 1.65. The molecule has 0 radical (unpaired) electrons. The summed E-state index contributed by atoms with van der Waals surface area (Å²) in [6, 6.07) is 5.74. The average molecular weight is 259 g/mol. The fraction of sp³-hybridized carbons (Fsp3) is 0.500. The Labute approximate surface area is 112 Å². The Bertz CT molecular complexity index is 498. The van der Waals surface area contributed by atoms with Crippen LogP contribution in [0.5, 0.6) is 5.88 Å². The number of carbonyl (C=O) groups excluding carboxylic acids is 1. The minimum atomic E-state index is -0.820. The number of nitriles is 1. The minimum absolute atomic E-state index is 0.177. The molecule has 1 saturated carbocycles. The molecule has 1 amide bonds. The van der Waals surface area contributed by atoms with E-state index in [1.807, 2.05) is 6.07 Å². The van der Waals surface area contributed by atoms with Crippen molar-refractivity contribution < 1.29 is 9.53 Å². The predicted molar refractivity (Wildman–Crippen MR) is 69.1 cm³/mol. The highest BCUT2D eigenvalue weighted by Crippen LogP contribution is 2.45. The van der Waals surface area contributed by atoms with Crippen molar-refractivity contribution in [1.82, 2.24) is 10.3 Å². The van der Waals surface area contributed by atoms with Crippen LogP contribution in [0.2, 0.25) is 0 Å².